The predicted molar refractivity (Wildman–Crippen MR) is 55.4 cm³/mol. The molecule has 14 heavy (non-hydrogen) atoms. The molecule has 0 aromatic carbocycles. The molecule has 0 bridgehead atoms. The molecule has 1 rings (SSSR count). The lowest BCUT2D eigenvalue weighted by Crippen LogP contribution is -2.42. The maximum atomic E-state index is 11.6. The summed E-state index contributed by atoms with van der Waals surface area (Å²) in [6, 6.07) is -0.582. The molecule has 0 spiro atoms. The summed E-state index contributed by atoms with van der Waals surface area (Å²) in [6.45, 7) is 0.758. The maximum absolute atomic E-state index is 11.6. The van der Waals surface area contributed by atoms with Crippen LogP contribution < -0.4 is 11.5 Å². The molecule has 80 valence electrons. The number of thioether (sulfide) groups is 1. The van der Waals surface area contributed by atoms with Crippen LogP contribution in [0.2, 0.25) is 0 Å². The minimum atomic E-state index is -0.582. The standard InChI is InChI=1S/C8H15N3O2S/c9-6(1-2-7(10)12)8(13)11-3-4-14-5-11/h6H,1-5,9H2,(H2,10,12). The van der Waals surface area contributed by atoms with Crippen molar-refractivity contribution in [2.24, 2.45) is 11.5 Å². The SMILES string of the molecule is NC(=O)CCC(N)C(=O)N1CCSC1. The number of carbonyl (C=O) groups excluding carboxylic acids is 2. The molecule has 0 saturated carbocycles. The summed E-state index contributed by atoms with van der Waals surface area (Å²) >= 11 is 1.71. The van der Waals surface area contributed by atoms with Crippen LogP contribution in [-0.2, 0) is 9.59 Å². The van der Waals surface area contributed by atoms with Gasteiger partial charge in [-0.1, -0.05) is 0 Å². The third kappa shape index (κ3) is 3.19. The van der Waals surface area contributed by atoms with Crippen molar-refractivity contribution >= 4 is 23.6 Å². The fraction of sp³-hybridized carbons (Fsp3) is 0.750. The Bertz CT molecular complexity index is 229. The van der Waals surface area contributed by atoms with Crippen molar-refractivity contribution in [2.75, 3.05) is 18.2 Å². The van der Waals surface area contributed by atoms with E-state index >= 15 is 0 Å². The predicted octanol–water partition coefficient (Wildman–Crippen LogP) is -0.888. The van der Waals surface area contributed by atoms with E-state index in [1.54, 1.807) is 16.7 Å². The number of nitrogens with zero attached hydrogens (tertiary/aromatic N) is 1. The van der Waals surface area contributed by atoms with E-state index in [0.717, 1.165) is 12.3 Å². The lowest BCUT2D eigenvalue weighted by molar-refractivity contribution is -0.131. The van der Waals surface area contributed by atoms with Crippen LogP contribution in [-0.4, -0.2) is 40.9 Å². The van der Waals surface area contributed by atoms with E-state index in [1.807, 2.05) is 0 Å². The molecule has 1 atom stereocenters. The van der Waals surface area contributed by atoms with E-state index in [4.69, 9.17) is 11.5 Å². The topological polar surface area (TPSA) is 89.4 Å². The minimum Gasteiger partial charge on any atom is -0.370 e. The summed E-state index contributed by atoms with van der Waals surface area (Å²) in [6.07, 6.45) is 0.517. The van der Waals surface area contributed by atoms with Gasteiger partial charge in [0.15, 0.2) is 0 Å². The molecule has 1 unspecified atom stereocenters. The Morgan fingerprint density at radius 2 is 2.21 bits per heavy atom. The van der Waals surface area contributed by atoms with Crippen LogP contribution in [0.15, 0.2) is 0 Å². The van der Waals surface area contributed by atoms with Crippen molar-refractivity contribution in [1.29, 1.82) is 0 Å². The summed E-state index contributed by atoms with van der Waals surface area (Å²) in [5.74, 6) is 1.19. The van der Waals surface area contributed by atoms with Gasteiger partial charge in [-0.05, 0) is 6.42 Å². The molecule has 1 saturated heterocycles. The van der Waals surface area contributed by atoms with Crippen molar-refractivity contribution in [3.05, 3.63) is 0 Å². The van der Waals surface area contributed by atoms with Crippen LogP contribution in [0, 0.1) is 0 Å². The first kappa shape index (κ1) is 11.3. The Morgan fingerprint density at radius 3 is 2.71 bits per heavy atom. The van der Waals surface area contributed by atoms with Crippen molar-refractivity contribution in [2.45, 2.75) is 18.9 Å². The van der Waals surface area contributed by atoms with Gasteiger partial charge in [0.1, 0.15) is 0 Å². The van der Waals surface area contributed by atoms with E-state index in [9.17, 15) is 9.59 Å². The van der Waals surface area contributed by atoms with Gasteiger partial charge in [0, 0.05) is 18.7 Å². The van der Waals surface area contributed by atoms with Crippen LogP contribution in [0.3, 0.4) is 0 Å². The zero-order chi connectivity index (χ0) is 10.6. The van der Waals surface area contributed by atoms with E-state index in [-0.39, 0.29) is 12.3 Å². The monoisotopic (exact) mass is 217 g/mol. The Kier molecular flexibility index (Phi) is 4.21. The number of hydrogen-bond acceptors (Lipinski definition) is 4. The summed E-state index contributed by atoms with van der Waals surface area (Å²) in [7, 11) is 0. The number of carbonyl (C=O) groups is 2. The number of nitrogens with two attached hydrogens (primary N) is 2. The first-order chi connectivity index (χ1) is 6.61. The van der Waals surface area contributed by atoms with Crippen molar-refractivity contribution in [3.63, 3.8) is 0 Å². The fourth-order valence-electron chi connectivity index (χ4n) is 1.24. The second kappa shape index (κ2) is 5.21. The number of hydrogen-bond donors (Lipinski definition) is 2. The Labute approximate surface area is 87.2 Å². The van der Waals surface area contributed by atoms with Gasteiger partial charge in [-0.3, -0.25) is 9.59 Å². The Morgan fingerprint density at radius 1 is 1.50 bits per heavy atom. The highest BCUT2D eigenvalue weighted by Gasteiger charge is 2.23. The second-order valence-electron chi connectivity index (χ2n) is 3.25. The van der Waals surface area contributed by atoms with Crippen LogP contribution in [0.5, 0.6) is 0 Å². The van der Waals surface area contributed by atoms with Crippen molar-refractivity contribution in [1.82, 2.24) is 4.90 Å². The minimum absolute atomic E-state index is 0.0729. The van der Waals surface area contributed by atoms with E-state index in [1.165, 1.54) is 0 Å². The quantitative estimate of drug-likeness (QED) is 0.639. The third-order valence-electron chi connectivity index (χ3n) is 2.08. The van der Waals surface area contributed by atoms with E-state index in [2.05, 4.69) is 0 Å². The average molecular weight is 217 g/mol. The van der Waals surface area contributed by atoms with Gasteiger partial charge >= 0.3 is 0 Å². The van der Waals surface area contributed by atoms with Crippen molar-refractivity contribution in [3.8, 4) is 0 Å². The highest BCUT2D eigenvalue weighted by Crippen LogP contribution is 2.14. The van der Waals surface area contributed by atoms with Crippen LogP contribution >= 0.6 is 11.8 Å². The van der Waals surface area contributed by atoms with Gasteiger partial charge in [0.05, 0.1) is 11.9 Å². The molecule has 1 aliphatic heterocycles. The summed E-state index contributed by atoms with van der Waals surface area (Å²) in [5.41, 5.74) is 10.6. The first-order valence-electron chi connectivity index (χ1n) is 4.51. The lowest BCUT2D eigenvalue weighted by Gasteiger charge is -2.18. The number of primary amides is 1. The zero-order valence-corrected chi connectivity index (χ0v) is 8.76. The second-order valence-corrected chi connectivity index (χ2v) is 4.33. The molecule has 0 aliphatic carbocycles. The van der Waals surface area contributed by atoms with Crippen LogP contribution in [0.4, 0.5) is 0 Å². The van der Waals surface area contributed by atoms with E-state index in [0.29, 0.717) is 12.3 Å². The largest absolute Gasteiger partial charge is 0.370 e. The maximum Gasteiger partial charge on any atom is 0.240 e. The molecule has 5 nitrogen and oxygen atoms in total. The molecule has 1 aliphatic rings. The van der Waals surface area contributed by atoms with Gasteiger partial charge in [0.2, 0.25) is 11.8 Å². The lowest BCUT2D eigenvalue weighted by atomic mass is 10.1. The molecular weight excluding hydrogens is 202 g/mol. The van der Waals surface area contributed by atoms with Gasteiger partial charge < -0.3 is 16.4 Å². The van der Waals surface area contributed by atoms with Gasteiger partial charge in [-0.15, -0.1) is 11.8 Å². The Hall–Kier alpha value is -0.750. The van der Waals surface area contributed by atoms with Crippen LogP contribution in [0.25, 0.3) is 0 Å². The summed E-state index contributed by atoms with van der Waals surface area (Å²) < 4.78 is 0. The molecule has 0 aromatic heterocycles. The molecule has 0 aromatic rings. The average Bonchev–Trinajstić information content (AvgIpc) is 2.65. The van der Waals surface area contributed by atoms with Crippen LogP contribution in [0.1, 0.15) is 12.8 Å². The highest BCUT2D eigenvalue weighted by molar-refractivity contribution is 7.99. The molecule has 4 N–H and O–H groups in total. The Balaban J connectivity index is 2.31. The third-order valence-corrected chi connectivity index (χ3v) is 3.05. The fourth-order valence-corrected chi connectivity index (χ4v) is 2.20. The molecule has 2 amide bonds. The molecule has 6 heteroatoms. The first-order valence-corrected chi connectivity index (χ1v) is 5.67. The molecule has 1 heterocycles. The van der Waals surface area contributed by atoms with Gasteiger partial charge in [-0.2, -0.15) is 0 Å². The normalized spacial score (nSPS) is 18.2. The summed E-state index contributed by atoms with van der Waals surface area (Å²) in [4.78, 5) is 23.8. The highest BCUT2D eigenvalue weighted by atomic mass is 32.2. The molecular formula is C8H15N3O2S. The molecule has 0 radical (unpaired) electrons. The van der Waals surface area contributed by atoms with Crippen molar-refractivity contribution < 1.29 is 9.59 Å². The smallest absolute Gasteiger partial charge is 0.240 e. The summed E-state index contributed by atoms with van der Waals surface area (Å²) in [5, 5.41) is 0. The number of rotatable bonds is 4. The molecule has 1 fully saturated rings. The van der Waals surface area contributed by atoms with Gasteiger partial charge in [-0.25, -0.2) is 0 Å². The number of amides is 2. The van der Waals surface area contributed by atoms with Gasteiger partial charge in [0.25, 0.3) is 0 Å². The van der Waals surface area contributed by atoms with E-state index < -0.39 is 11.9 Å². The zero-order valence-electron chi connectivity index (χ0n) is 7.94.